The van der Waals surface area contributed by atoms with Crippen molar-refractivity contribution < 1.29 is 19.1 Å². The summed E-state index contributed by atoms with van der Waals surface area (Å²) in [6.07, 6.45) is 3.26. The quantitative estimate of drug-likeness (QED) is 0.630. The van der Waals surface area contributed by atoms with Crippen LogP contribution >= 0.6 is 0 Å². The molecule has 1 aliphatic rings. The van der Waals surface area contributed by atoms with Gasteiger partial charge in [-0.15, -0.1) is 0 Å². The molecule has 0 saturated carbocycles. The second-order valence-corrected chi connectivity index (χ2v) is 7.43. The van der Waals surface area contributed by atoms with E-state index in [9.17, 15) is 9.90 Å². The summed E-state index contributed by atoms with van der Waals surface area (Å²) in [6, 6.07) is 21.8. The van der Waals surface area contributed by atoms with E-state index in [1.165, 1.54) is 0 Å². The third-order valence-corrected chi connectivity index (χ3v) is 5.42. The van der Waals surface area contributed by atoms with E-state index < -0.39 is 5.97 Å². The summed E-state index contributed by atoms with van der Waals surface area (Å²) in [5.41, 5.74) is 2.19. The monoisotopic (exact) mass is 391 g/mol. The fourth-order valence-corrected chi connectivity index (χ4v) is 3.93. The Morgan fingerprint density at radius 3 is 2.59 bits per heavy atom. The van der Waals surface area contributed by atoms with Crippen LogP contribution in [0.15, 0.2) is 77.4 Å². The van der Waals surface area contributed by atoms with Gasteiger partial charge in [-0.3, -0.25) is 9.69 Å². The highest BCUT2D eigenvalue weighted by Crippen LogP contribution is 2.33. The van der Waals surface area contributed by atoms with E-state index in [0.29, 0.717) is 13.2 Å². The third kappa shape index (κ3) is 4.69. The van der Waals surface area contributed by atoms with Crippen LogP contribution in [-0.2, 0) is 11.4 Å². The SMILES string of the molecule is O=C(O)C1CCCN(C(c2ccc(OCc3ccccc3)cc2)c2ccco2)C1. The minimum atomic E-state index is -0.724. The van der Waals surface area contributed by atoms with E-state index in [1.54, 1.807) is 6.26 Å². The number of rotatable bonds is 7. The topological polar surface area (TPSA) is 62.9 Å². The zero-order valence-corrected chi connectivity index (χ0v) is 16.2. The fraction of sp³-hybridized carbons (Fsp3) is 0.292. The highest BCUT2D eigenvalue weighted by atomic mass is 16.5. The largest absolute Gasteiger partial charge is 0.489 e. The molecular weight excluding hydrogens is 366 g/mol. The molecule has 1 aliphatic heterocycles. The summed E-state index contributed by atoms with van der Waals surface area (Å²) in [4.78, 5) is 13.7. The first-order valence-corrected chi connectivity index (χ1v) is 9.97. The lowest BCUT2D eigenvalue weighted by Gasteiger charge is -2.36. The number of hydrogen-bond donors (Lipinski definition) is 1. The van der Waals surface area contributed by atoms with E-state index in [-0.39, 0.29) is 12.0 Å². The van der Waals surface area contributed by atoms with E-state index in [2.05, 4.69) is 4.90 Å². The average molecular weight is 391 g/mol. The predicted molar refractivity (Wildman–Crippen MR) is 110 cm³/mol. The highest BCUT2D eigenvalue weighted by molar-refractivity contribution is 5.70. The molecule has 1 aromatic heterocycles. The van der Waals surface area contributed by atoms with Crippen LogP contribution in [0.4, 0.5) is 0 Å². The summed E-state index contributed by atoms with van der Waals surface area (Å²) in [7, 11) is 0. The maximum absolute atomic E-state index is 11.5. The summed E-state index contributed by atoms with van der Waals surface area (Å²) < 4.78 is 11.6. The molecule has 1 saturated heterocycles. The van der Waals surface area contributed by atoms with Gasteiger partial charge in [-0.05, 0) is 54.8 Å². The Bertz CT molecular complexity index is 906. The van der Waals surface area contributed by atoms with Gasteiger partial charge in [0.1, 0.15) is 18.1 Å². The number of carboxylic acids is 1. The molecule has 29 heavy (non-hydrogen) atoms. The summed E-state index contributed by atoms with van der Waals surface area (Å²) in [5.74, 6) is 0.569. The maximum atomic E-state index is 11.5. The van der Waals surface area contributed by atoms with Crippen LogP contribution in [-0.4, -0.2) is 29.1 Å². The van der Waals surface area contributed by atoms with Crippen LogP contribution < -0.4 is 4.74 Å². The van der Waals surface area contributed by atoms with Gasteiger partial charge in [0.05, 0.1) is 18.2 Å². The normalized spacial score (nSPS) is 18.3. The molecule has 150 valence electrons. The molecule has 5 nitrogen and oxygen atoms in total. The Balaban J connectivity index is 1.51. The van der Waals surface area contributed by atoms with Crippen molar-refractivity contribution in [2.75, 3.05) is 13.1 Å². The third-order valence-electron chi connectivity index (χ3n) is 5.42. The average Bonchev–Trinajstić information content (AvgIpc) is 3.29. The minimum Gasteiger partial charge on any atom is -0.489 e. The van der Waals surface area contributed by atoms with Crippen LogP contribution in [0, 0.1) is 5.92 Å². The van der Waals surface area contributed by atoms with Gasteiger partial charge in [0.25, 0.3) is 0 Å². The van der Waals surface area contributed by atoms with Crippen LogP contribution in [0.2, 0.25) is 0 Å². The molecule has 0 bridgehead atoms. The molecule has 1 N–H and O–H groups in total. The summed E-state index contributed by atoms with van der Waals surface area (Å²) in [5, 5.41) is 9.46. The second kappa shape index (κ2) is 8.97. The van der Waals surface area contributed by atoms with Gasteiger partial charge >= 0.3 is 5.97 Å². The van der Waals surface area contributed by atoms with Gasteiger partial charge < -0.3 is 14.3 Å². The van der Waals surface area contributed by atoms with E-state index in [0.717, 1.165) is 42.0 Å². The Hall–Kier alpha value is -3.05. The Labute approximate surface area is 170 Å². The smallest absolute Gasteiger partial charge is 0.307 e. The van der Waals surface area contributed by atoms with Crippen molar-refractivity contribution in [1.29, 1.82) is 0 Å². The predicted octanol–water partition coefficient (Wildman–Crippen LogP) is 4.74. The number of nitrogens with zero attached hydrogens (tertiary/aromatic N) is 1. The zero-order valence-electron chi connectivity index (χ0n) is 16.2. The molecule has 1 fully saturated rings. The number of benzene rings is 2. The minimum absolute atomic E-state index is 0.102. The Morgan fingerprint density at radius 1 is 1.10 bits per heavy atom. The second-order valence-electron chi connectivity index (χ2n) is 7.43. The number of likely N-dealkylation sites (tertiary alicyclic amines) is 1. The molecule has 2 heterocycles. The van der Waals surface area contributed by atoms with Crippen molar-refractivity contribution in [1.82, 2.24) is 4.90 Å². The summed E-state index contributed by atoms with van der Waals surface area (Å²) in [6.45, 7) is 1.89. The number of carboxylic acid groups (broad SMARTS) is 1. The maximum Gasteiger partial charge on any atom is 0.307 e. The van der Waals surface area contributed by atoms with Crippen LogP contribution in [0.1, 0.15) is 35.8 Å². The lowest BCUT2D eigenvalue weighted by atomic mass is 9.94. The molecule has 4 rings (SSSR count). The van der Waals surface area contributed by atoms with E-state index in [1.807, 2.05) is 66.7 Å². The summed E-state index contributed by atoms with van der Waals surface area (Å²) >= 11 is 0. The fourth-order valence-electron chi connectivity index (χ4n) is 3.93. The number of aliphatic carboxylic acids is 1. The molecule has 0 aliphatic carbocycles. The molecule has 0 radical (unpaired) electrons. The number of furan rings is 1. The molecule has 2 atom stereocenters. The van der Waals surface area contributed by atoms with Gasteiger partial charge in [0.2, 0.25) is 0 Å². The number of hydrogen-bond acceptors (Lipinski definition) is 4. The molecule has 0 amide bonds. The first kappa shape index (κ1) is 19.3. The first-order chi connectivity index (χ1) is 14.2. The van der Waals surface area contributed by atoms with Gasteiger partial charge in [0, 0.05) is 6.54 Å². The number of piperidine rings is 1. The number of ether oxygens (including phenoxy) is 1. The van der Waals surface area contributed by atoms with Crippen molar-refractivity contribution in [3.05, 3.63) is 89.9 Å². The molecular formula is C24H25NO4. The number of carbonyl (C=O) groups is 1. The van der Waals surface area contributed by atoms with Crippen molar-refractivity contribution in [3.8, 4) is 5.75 Å². The Morgan fingerprint density at radius 2 is 1.90 bits per heavy atom. The van der Waals surface area contributed by atoms with Crippen molar-refractivity contribution >= 4 is 5.97 Å². The van der Waals surface area contributed by atoms with Gasteiger partial charge in [0.15, 0.2) is 0 Å². The van der Waals surface area contributed by atoms with E-state index >= 15 is 0 Å². The van der Waals surface area contributed by atoms with Crippen molar-refractivity contribution in [3.63, 3.8) is 0 Å². The first-order valence-electron chi connectivity index (χ1n) is 9.97. The van der Waals surface area contributed by atoms with Gasteiger partial charge in [-0.25, -0.2) is 0 Å². The molecule has 0 spiro atoms. The van der Waals surface area contributed by atoms with Crippen molar-refractivity contribution in [2.24, 2.45) is 5.92 Å². The lowest BCUT2D eigenvalue weighted by molar-refractivity contribution is -0.143. The highest BCUT2D eigenvalue weighted by Gasteiger charge is 2.32. The zero-order chi connectivity index (χ0) is 20.1. The molecule has 2 aromatic carbocycles. The van der Waals surface area contributed by atoms with Crippen LogP contribution in [0.5, 0.6) is 5.75 Å². The molecule has 3 aromatic rings. The van der Waals surface area contributed by atoms with Gasteiger partial charge in [-0.2, -0.15) is 0 Å². The Kier molecular flexibility index (Phi) is 5.96. The molecule has 5 heteroatoms. The van der Waals surface area contributed by atoms with Crippen LogP contribution in [0.25, 0.3) is 0 Å². The lowest BCUT2D eigenvalue weighted by Crippen LogP contribution is -2.41. The van der Waals surface area contributed by atoms with Crippen molar-refractivity contribution in [2.45, 2.75) is 25.5 Å². The van der Waals surface area contributed by atoms with Gasteiger partial charge in [-0.1, -0.05) is 42.5 Å². The van der Waals surface area contributed by atoms with E-state index in [4.69, 9.17) is 9.15 Å². The van der Waals surface area contributed by atoms with Crippen LogP contribution in [0.3, 0.4) is 0 Å². The standard InChI is InChI=1S/C24H25NO4/c26-24(27)20-8-4-14-25(16-20)23(22-9-5-15-28-22)19-10-12-21(13-11-19)29-17-18-6-2-1-3-7-18/h1-3,5-7,9-13,15,20,23H,4,8,14,16-17H2,(H,26,27). The molecule has 2 unspecified atom stereocenters.